The fourth-order valence-corrected chi connectivity index (χ4v) is 3.82. The molecule has 0 radical (unpaired) electrons. The molecular formula is C22H23N3O5. The molecule has 1 aliphatic rings. The third kappa shape index (κ3) is 4.32. The number of carboxylic acids is 2. The Labute approximate surface area is 172 Å². The van der Waals surface area contributed by atoms with Crippen molar-refractivity contribution in [3.8, 4) is 0 Å². The van der Waals surface area contributed by atoms with Crippen LogP contribution in [-0.2, 0) is 29.5 Å². The number of benzene rings is 1. The second kappa shape index (κ2) is 8.77. The van der Waals surface area contributed by atoms with Crippen LogP contribution in [-0.4, -0.2) is 42.5 Å². The number of nitrogens with one attached hydrogen (secondary N) is 1. The third-order valence-electron chi connectivity index (χ3n) is 5.32. The lowest BCUT2D eigenvalue weighted by Gasteiger charge is -2.21. The Morgan fingerprint density at radius 2 is 1.90 bits per heavy atom. The van der Waals surface area contributed by atoms with E-state index in [0.29, 0.717) is 12.2 Å². The molecule has 0 aliphatic heterocycles. The number of imidazole rings is 1. The molecule has 0 spiro atoms. The van der Waals surface area contributed by atoms with Gasteiger partial charge in [-0.25, -0.2) is 14.6 Å². The molecule has 30 heavy (non-hydrogen) atoms. The van der Waals surface area contributed by atoms with Gasteiger partial charge in [0.1, 0.15) is 0 Å². The molecule has 1 aromatic carbocycles. The van der Waals surface area contributed by atoms with Gasteiger partial charge in [-0.05, 0) is 25.8 Å². The molecular weight excluding hydrogens is 386 g/mol. The smallest absolute Gasteiger partial charge is 0.328 e. The average Bonchev–Trinajstić information content (AvgIpc) is 3.24. The van der Waals surface area contributed by atoms with E-state index >= 15 is 0 Å². The summed E-state index contributed by atoms with van der Waals surface area (Å²) in [7, 11) is 2.06. The number of carbonyl (C=O) groups excluding carboxylic acids is 1. The number of hydrogen-bond acceptors (Lipinski definition) is 4. The summed E-state index contributed by atoms with van der Waals surface area (Å²) in [5.74, 6) is -2.19. The van der Waals surface area contributed by atoms with Crippen molar-refractivity contribution in [2.75, 3.05) is 0 Å². The molecule has 1 aliphatic carbocycles. The van der Waals surface area contributed by atoms with Crippen LogP contribution in [0.2, 0.25) is 0 Å². The number of carboxylic acid groups (broad SMARTS) is 2. The minimum absolute atomic E-state index is 0.0420. The van der Waals surface area contributed by atoms with E-state index in [0.717, 1.165) is 47.1 Å². The number of H-pyrrole nitrogens is 1. The molecule has 0 fully saturated rings. The van der Waals surface area contributed by atoms with Crippen LogP contribution in [0.5, 0.6) is 0 Å². The van der Waals surface area contributed by atoms with Crippen LogP contribution < -0.4 is 0 Å². The van der Waals surface area contributed by atoms with Crippen molar-refractivity contribution < 1.29 is 24.6 Å². The number of aromatic nitrogens is 3. The first-order chi connectivity index (χ1) is 14.3. The Kier molecular flexibility index (Phi) is 6.15. The molecule has 0 saturated heterocycles. The van der Waals surface area contributed by atoms with Crippen molar-refractivity contribution in [1.29, 1.82) is 0 Å². The van der Waals surface area contributed by atoms with Crippen molar-refractivity contribution in [1.82, 2.24) is 14.5 Å². The number of nitrogens with zero attached hydrogens (tertiary/aromatic N) is 2. The zero-order valence-corrected chi connectivity index (χ0v) is 16.8. The molecule has 2 heterocycles. The maximum Gasteiger partial charge on any atom is 0.328 e. The minimum atomic E-state index is -1.26. The lowest BCUT2D eigenvalue weighted by molar-refractivity contribution is -0.134. The number of fused-ring (bicyclic) bond motifs is 3. The van der Waals surface area contributed by atoms with Crippen molar-refractivity contribution >= 4 is 28.6 Å². The third-order valence-corrected chi connectivity index (χ3v) is 5.32. The first kappa shape index (κ1) is 21.0. The van der Waals surface area contributed by atoms with E-state index in [9.17, 15) is 14.4 Å². The van der Waals surface area contributed by atoms with Crippen molar-refractivity contribution in [2.24, 2.45) is 13.0 Å². The highest BCUT2D eigenvalue weighted by atomic mass is 16.4. The van der Waals surface area contributed by atoms with Crippen LogP contribution in [0.1, 0.15) is 33.9 Å². The number of carbonyl (C=O) groups is 3. The van der Waals surface area contributed by atoms with E-state index in [4.69, 9.17) is 10.2 Å². The summed E-state index contributed by atoms with van der Waals surface area (Å²) >= 11 is 0. The fraction of sp³-hybridized carbons (Fsp3) is 0.273. The highest BCUT2D eigenvalue weighted by Gasteiger charge is 2.32. The molecule has 0 saturated carbocycles. The Bertz CT molecular complexity index is 1120. The first-order valence-electron chi connectivity index (χ1n) is 9.52. The van der Waals surface area contributed by atoms with Crippen LogP contribution in [0.25, 0.3) is 10.9 Å². The number of rotatable bonds is 4. The van der Waals surface area contributed by atoms with E-state index in [1.807, 2.05) is 19.1 Å². The van der Waals surface area contributed by atoms with Crippen LogP contribution >= 0.6 is 0 Å². The van der Waals surface area contributed by atoms with Gasteiger partial charge in [0, 0.05) is 59.4 Å². The van der Waals surface area contributed by atoms with Crippen molar-refractivity contribution in [3.05, 3.63) is 65.4 Å². The van der Waals surface area contributed by atoms with Crippen LogP contribution in [0.15, 0.2) is 42.7 Å². The Morgan fingerprint density at radius 3 is 2.50 bits per heavy atom. The molecule has 3 aromatic rings. The summed E-state index contributed by atoms with van der Waals surface area (Å²) in [5, 5.41) is 16.7. The normalized spacial score (nSPS) is 15.7. The van der Waals surface area contributed by atoms with E-state index in [-0.39, 0.29) is 11.7 Å². The molecule has 3 N–H and O–H groups in total. The summed E-state index contributed by atoms with van der Waals surface area (Å²) in [6, 6.07) is 8.20. The predicted octanol–water partition coefficient (Wildman–Crippen LogP) is 2.91. The topological polar surface area (TPSA) is 125 Å². The summed E-state index contributed by atoms with van der Waals surface area (Å²) in [4.78, 5) is 39.6. The van der Waals surface area contributed by atoms with Crippen molar-refractivity contribution in [3.63, 3.8) is 0 Å². The fourth-order valence-electron chi connectivity index (χ4n) is 3.82. The molecule has 1 unspecified atom stereocenters. The zero-order valence-electron chi connectivity index (χ0n) is 16.8. The lowest BCUT2D eigenvalue weighted by Crippen LogP contribution is -2.25. The van der Waals surface area contributed by atoms with Gasteiger partial charge < -0.3 is 19.8 Å². The Balaban J connectivity index is 0.000000275. The minimum Gasteiger partial charge on any atom is -0.478 e. The van der Waals surface area contributed by atoms with Gasteiger partial charge in [0.15, 0.2) is 5.78 Å². The van der Waals surface area contributed by atoms with Crippen LogP contribution in [0, 0.1) is 12.8 Å². The zero-order chi connectivity index (χ0) is 21.8. The average molecular weight is 409 g/mol. The summed E-state index contributed by atoms with van der Waals surface area (Å²) in [6.07, 6.45) is 5.42. The molecule has 4 rings (SSSR count). The number of aliphatic carboxylic acids is 2. The molecule has 8 nitrogen and oxygen atoms in total. The maximum atomic E-state index is 13.0. The number of aromatic amines is 1. The number of ketones is 1. The quantitative estimate of drug-likeness (QED) is 0.569. The van der Waals surface area contributed by atoms with Crippen LogP contribution in [0.3, 0.4) is 0 Å². The number of hydrogen-bond donors (Lipinski definition) is 3. The lowest BCUT2D eigenvalue weighted by atomic mass is 9.82. The van der Waals surface area contributed by atoms with Gasteiger partial charge in [0.25, 0.3) is 0 Å². The number of aryl methyl sites for hydroxylation is 2. The van der Waals surface area contributed by atoms with Gasteiger partial charge in [0.2, 0.25) is 0 Å². The van der Waals surface area contributed by atoms with Gasteiger partial charge in [-0.3, -0.25) is 4.79 Å². The van der Waals surface area contributed by atoms with E-state index in [1.54, 1.807) is 6.33 Å². The predicted molar refractivity (Wildman–Crippen MR) is 111 cm³/mol. The number of para-hydroxylation sites is 1. The van der Waals surface area contributed by atoms with E-state index in [2.05, 4.69) is 33.7 Å². The second-order valence-corrected chi connectivity index (χ2v) is 7.19. The molecule has 8 heteroatoms. The molecule has 2 aromatic heterocycles. The van der Waals surface area contributed by atoms with Gasteiger partial charge in [-0.2, -0.15) is 0 Å². The SMILES string of the molecule is Cc1[nH]cnc1CC1CCc2c(c3ccccc3n2C)C1=O.O=C(O)C=CC(=O)O. The highest BCUT2D eigenvalue weighted by molar-refractivity contribution is 6.11. The molecule has 156 valence electrons. The van der Waals surface area contributed by atoms with Gasteiger partial charge in [0.05, 0.1) is 12.0 Å². The van der Waals surface area contributed by atoms with Gasteiger partial charge >= 0.3 is 11.9 Å². The highest BCUT2D eigenvalue weighted by Crippen LogP contribution is 2.34. The van der Waals surface area contributed by atoms with Crippen LogP contribution in [0.4, 0.5) is 0 Å². The molecule has 0 amide bonds. The molecule has 0 bridgehead atoms. The largest absolute Gasteiger partial charge is 0.478 e. The van der Waals surface area contributed by atoms with Gasteiger partial charge in [-0.15, -0.1) is 0 Å². The number of Topliss-reactive ketones (excluding diaryl/α,β-unsaturated/α-hetero) is 1. The Hall–Kier alpha value is -3.68. The Morgan fingerprint density at radius 1 is 1.23 bits per heavy atom. The standard InChI is InChI=1S/C18H19N3O.C4H4O4/c1-11-14(20-10-19-11)9-12-7-8-16-17(18(12)22)13-5-3-4-6-15(13)21(16)2;5-3(6)1-2-4(7)8/h3-6,10,12H,7-9H2,1-2H3,(H,19,20);1-2H,(H,5,6)(H,7,8). The first-order valence-corrected chi connectivity index (χ1v) is 9.52. The maximum absolute atomic E-state index is 13.0. The van der Waals surface area contributed by atoms with E-state index < -0.39 is 11.9 Å². The summed E-state index contributed by atoms with van der Waals surface area (Å²) in [5.41, 5.74) is 5.35. The van der Waals surface area contributed by atoms with Crippen molar-refractivity contribution in [2.45, 2.75) is 26.2 Å². The second-order valence-electron chi connectivity index (χ2n) is 7.19. The monoisotopic (exact) mass is 409 g/mol. The molecule has 1 atom stereocenters. The van der Waals surface area contributed by atoms with Gasteiger partial charge in [-0.1, -0.05) is 18.2 Å². The summed E-state index contributed by atoms with van der Waals surface area (Å²) < 4.78 is 2.18. The summed E-state index contributed by atoms with van der Waals surface area (Å²) in [6.45, 7) is 2.01. The van der Waals surface area contributed by atoms with E-state index in [1.165, 1.54) is 5.69 Å².